The molecular formula is C24H35ClN3O2P. The first-order valence-corrected chi connectivity index (χ1v) is 13.0. The maximum Gasteiger partial charge on any atom is 0.225 e. The van der Waals surface area contributed by atoms with Crippen LogP contribution < -0.4 is 0 Å². The summed E-state index contributed by atoms with van der Waals surface area (Å²) in [6.07, 6.45) is 14.9. The monoisotopic (exact) mass is 463 g/mol. The lowest BCUT2D eigenvalue weighted by Gasteiger charge is -2.37. The summed E-state index contributed by atoms with van der Waals surface area (Å²) in [6, 6.07) is 0. The molecule has 7 heteroatoms. The van der Waals surface area contributed by atoms with Gasteiger partial charge in [-0.05, 0) is 63.7 Å². The average Bonchev–Trinajstić information content (AvgIpc) is 2.80. The molecule has 2 saturated heterocycles. The van der Waals surface area contributed by atoms with E-state index in [2.05, 4.69) is 27.9 Å². The minimum absolute atomic E-state index is 0.0691. The van der Waals surface area contributed by atoms with Crippen molar-refractivity contribution in [3.63, 3.8) is 0 Å². The highest BCUT2D eigenvalue weighted by molar-refractivity contribution is 7.41. The highest BCUT2D eigenvalue weighted by atomic mass is 35.5. The maximum absolute atomic E-state index is 13.1. The standard InChI is InChI=1S/C24H35ClN3O2P/c1-3-5-23(26-22(25)4-2)30-21-8-14-28(15-9-21)24(29)20-6-12-27(13-7-20)18-19-10-16-31-17-11-19/h3-5,10-11,16,20-21,31H,6-9,12-15,17-18H2,1-2H3/b5-3-,22-4-,26-23+. The Kier molecular flexibility index (Phi) is 9.83. The number of hydrogen-bond donors (Lipinski definition) is 0. The molecule has 3 aliphatic heterocycles. The molecule has 0 aromatic heterocycles. The van der Waals surface area contributed by atoms with E-state index in [1.165, 1.54) is 11.7 Å². The summed E-state index contributed by atoms with van der Waals surface area (Å²) in [7, 11) is 0.936. The van der Waals surface area contributed by atoms with Crippen molar-refractivity contribution < 1.29 is 9.53 Å². The Morgan fingerprint density at radius 2 is 1.97 bits per heavy atom. The van der Waals surface area contributed by atoms with Crippen LogP contribution in [0.3, 0.4) is 0 Å². The molecule has 5 nitrogen and oxygen atoms in total. The summed E-state index contributed by atoms with van der Waals surface area (Å²) in [5.41, 5.74) is 1.43. The predicted octanol–water partition coefficient (Wildman–Crippen LogP) is 4.91. The van der Waals surface area contributed by atoms with Crippen molar-refractivity contribution >= 4 is 32.0 Å². The van der Waals surface area contributed by atoms with Gasteiger partial charge in [-0.1, -0.05) is 44.2 Å². The molecule has 170 valence electrons. The van der Waals surface area contributed by atoms with Gasteiger partial charge in [0.25, 0.3) is 0 Å². The fraction of sp³-hybridized carbons (Fsp3) is 0.583. The van der Waals surface area contributed by atoms with E-state index in [4.69, 9.17) is 16.3 Å². The van der Waals surface area contributed by atoms with E-state index >= 15 is 0 Å². The van der Waals surface area contributed by atoms with Crippen molar-refractivity contribution in [2.75, 3.05) is 38.9 Å². The minimum atomic E-state index is 0.0691. The van der Waals surface area contributed by atoms with Crippen molar-refractivity contribution in [3.8, 4) is 0 Å². The molecule has 0 saturated carbocycles. The van der Waals surface area contributed by atoms with Gasteiger partial charge in [-0.3, -0.25) is 9.69 Å². The molecule has 3 rings (SSSR count). The van der Waals surface area contributed by atoms with Gasteiger partial charge in [0.2, 0.25) is 11.8 Å². The topological polar surface area (TPSA) is 45.1 Å². The summed E-state index contributed by atoms with van der Waals surface area (Å²) in [4.78, 5) is 21.9. The predicted molar refractivity (Wildman–Crippen MR) is 132 cm³/mol. The average molecular weight is 464 g/mol. The number of hydrogen-bond acceptors (Lipinski definition) is 4. The summed E-state index contributed by atoms with van der Waals surface area (Å²) in [5.74, 6) is 3.32. The van der Waals surface area contributed by atoms with Gasteiger partial charge in [-0.15, -0.1) is 0 Å². The largest absolute Gasteiger partial charge is 0.474 e. The lowest BCUT2D eigenvalue weighted by molar-refractivity contribution is -0.138. The van der Waals surface area contributed by atoms with Crippen LogP contribution in [0.15, 0.2) is 51.9 Å². The first kappa shape index (κ1) is 24.2. The molecule has 0 aromatic rings. The second-order valence-electron chi connectivity index (χ2n) is 8.27. The molecule has 31 heavy (non-hydrogen) atoms. The third kappa shape index (κ3) is 7.59. The number of rotatable bonds is 6. The minimum Gasteiger partial charge on any atom is -0.474 e. The van der Waals surface area contributed by atoms with Crippen LogP contribution in [0.2, 0.25) is 0 Å². The summed E-state index contributed by atoms with van der Waals surface area (Å²) in [5, 5.41) is 0.420. The van der Waals surface area contributed by atoms with Gasteiger partial charge < -0.3 is 9.64 Å². The van der Waals surface area contributed by atoms with Gasteiger partial charge in [0.15, 0.2) is 0 Å². The third-order valence-corrected chi connectivity index (χ3v) is 7.19. The molecule has 0 bridgehead atoms. The van der Waals surface area contributed by atoms with Gasteiger partial charge in [0.1, 0.15) is 11.3 Å². The van der Waals surface area contributed by atoms with E-state index in [0.717, 1.165) is 67.0 Å². The van der Waals surface area contributed by atoms with Crippen molar-refractivity contribution in [2.45, 2.75) is 45.6 Å². The van der Waals surface area contributed by atoms with Gasteiger partial charge in [0, 0.05) is 38.4 Å². The Morgan fingerprint density at radius 1 is 1.23 bits per heavy atom. The Morgan fingerprint density at radius 3 is 2.58 bits per heavy atom. The van der Waals surface area contributed by atoms with E-state index in [1.807, 2.05) is 30.9 Å². The van der Waals surface area contributed by atoms with E-state index in [1.54, 1.807) is 6.08 Å². The highest BCUT2D eigenvalue weighted by Crippen LogP contribution is 2.25. The number of carbonyl (C=O) groups is 1. The molecule has 3 aliphatic rings. The molecule has 1 amide bonds. The normalized spacial score (nSPS) is 23.6. The van der Waals surface area contributed by atoms with Crippen LogP contribution in [0.4, 0.5) is 0 Å². The van der Waals surface area contributed by atoms with Crippen LogP contribution >= 0.6 is 20.2 Å². The van der Waals surface area contributed by atoms with Crippen LogP contribution in [-0.2, 0) is 9.53 Å². The van der Waals surface area contributed by atoms with Gasteiger partial charge in [-0.2, -0.15) is 0 Å². The number of allylic oxidation sites excluding steroid dienone is 3. The smallest absolute Gasteiger partial charge is 0.225 e. The molecule has 1 atom stereocenters. The van der Waals surface area contributed by atoms with E-state index in [9.17, 15) is 4.79 Å². The summed E-state index contributed by atoms with van der Waals surface area (Å²) >= 11 is 6.03. The third-order valence-electron chi connectivity index (χ3n) is 6.05. The summed E-state index contributed by atoms with van der Waals surface area (Å²) in [6.45, 7) is 8.33. The van der Waals surface area contributed by atoms with Gasteiger partial charge in [0.05, 0.1) is 0 Å². The quantitative estimate of drug-likeness (QED) is 0.243. The van der Waals surface area contributed by atoms with E-state index in [-0.39, 0.29) is 12.0 Å². The molecule has 0 aliphatic carbocycles. The van der Waals surface area contributed by atoms with E-state index in [0.29, 0.717) is 17.0 Å². The Labute approximate surface area is 193 Å². The molecule has 1 unspecified atom stereocenters. The van der Waals surface area contributed by atoms with Crippen LogP contribution in [0, 0.1) is 5.92 Å². The van der Waals surface area contributed by atoms with Crippen molar-refractivity contribution in [1.29, 1.82) is 0 Å². The molecule has 0 aromatic carbocycles. The zero-order valence-corrected chi connectivity index (χ0v) is 20.5. The molecule has 0 radical (unpaired) electrons. The fourth-order valence-corrected chi connectivity index (χ4v) is 5.18. The molecule has 2 fully saturated rings. The number of ether oxygens (including phenoxy) is 1. The van der Waals surface area contributed by atoms with Crippen LogP contribution in [0.1, 0.15) is 39.5 Å². The Balaban J connectivity index is 1.42. The van der Waals surface area contributed by atoms with Gasteiger partial charge >= 0.3 is 0 Å². The first-order valence-electron chi connectivity index (χ1n) is 11.4. The molecule has 0 spiro atoms. The second kappa shape index (κ2) is 12.6. The lowest BCUT2D eigenvalue weighted by Crippen LogP contribution is -2.47. The zero-order valence-electron chi connectivity index (χ0n) is 18.7. The van der Waals surface area contributed by atoms with Crippen molar-refractivity contribution in [1.82, 2.24) is 9.80 Å². The van der Waals surface area contributed by atoms with E-state index < -0.39 is 0 Å². The van der Waals surface area contributed by atoms with Crippen LogP contribution in [0.25, 0.3) is 0 Å². The van der Waals surface area contributed by atoms with Crippen molar-refractivity contribution in [3.05, 3.63) is 46.9 Å². The fourth-order valence-electron chi connectivity index (χ4n) is 4.24. The van der Waals surface area contributed by atoms with Gasteiger partial charge in [-0.25, -0.2) is 4.99 Å². The SMILES string of the molecule is C\C=C/C(=N\C(Cl)=C/C)OC1CCN(C(=O)C2CCN(CC3=CCPC=C3)CC2)CC1. The Hall–Kier alpha value is -1.42. The lowest BCUT2D eigenvalue weighted by atomic mass is 9.93. The van der Waals surface area contributed by atoms with Crippen LogP contribution in [0.5, 0.6) is 0 Å². The van der Waals surface area contributed by atoms with Crippen molar-refractivity contribution in [2.24, 2.45) is 10.9 Å². The Bertz CT molecular complexity index is 759. The summed E-state index contributed by atoms with van der Waals surface area (Å²) < 4.78 is 6.05. The second-order valence-corrected chi connectivity index (χ2v) is 9.81. The number of carbonyl (C=O) groups excluding carboxylic acids is 1. The zero-order chi connectivity index (χ0) is 22.1. The highest BCUT2D eigenvalue weighted by Gasteiger charge is 2.31. The number of nitrogens with zero attached hydrogens (tertiary/aromatic N) is 3. The molecular weight excluding hydrogens is 429 g/mol. The number of amides is 1. The number of piperidine rings is 2. The molecule has 0 N–H and O–H groups in total. The number of likely N-dealkylation sites (tertiary alicyclic amines) is 2. The number of aliphatic imine (C=N–C) groups is 1. The van der Waals surface area contributed by atoms with Crippen LogP contribution in [-0.4, -0.2) is 66.6 Å². The maximum atomic E-state index is 13.1. The molecule has 3 heterocycles. The first-order chi connectivity index (χ1) is 15.1. The number of halogens is 1.